The topological polar surface area (TPSA) is 60.1 Å². The molecule has 21 heavy (non-hydrogen) atoms. The highest BCUT2D eigenvalue weighted by Gasteiger charge is 2.26. The van der Waals surface area contributed by atoms with Gasteiger partial charge in [-0.3, -0.25) is 4.79 Å². The lowest BCUT2D eigenvalue weighted by molar-refractivity contribution is 0.100. The maximum absolute atomic E-state index is 11.8. The molecule has 1 amide bonds. The van der Waals surface area contributed by atoms with Crippen LogP contribution in [0.3, 0.4) is 0 Å². The van der Waals surface area contributed by atoms with E-state index in [-0.39, 0.29) is 5.91 Å². The lowest BCUT2D eigenvalue weighted by Gasteiger charge is -2.30. The molecule has 0 saturated carbocycles. The number of aromatic nitrogens is 1. The minimum atomic E-state index is -0.333. The van der Waals surface area contributed by atoms with E-state index in [1.807, 2.05) is 25.1 Å². The third-order valence-corrected chi connectivity index (χ3v) is 4.88. The highest BCUT2D eigenvalue weighted by molar-refractivity contribution is 6.07. The van der Waals surface area contributed by atoms with Crippen molar-refractivity contribution < 1.29 is 4.79 Å². The molecule has 1 saturated heterocycles. The predicted molar refractivity (Wildman–Crippen MR) is 85.5 cm³/mol. The van der Waals surface area contributed by atoms with Gasteiger partial charge < -0.3 is 15.6 Å². The number of nitrogens with two attached hydrogens (primary N) is 1. The van der Waals surface area contributed by atoms with Crippen LogP contribution in [-0.2, 0) is 0 Å². The molecule has 0 bridgehead atoms. The van der Waals surface area contributed by atoms with Crippen LogP contribution in [0.2, 0.25) is 0 Å². The molecule has 2 aromatic rings. The molecule has 0 spiro atoms. The average molecular weight is 285 g/mol. The Hall–Kier alpha value is -1.81. The van der Waals surface area contributed by atoms with Crippen molar-refractivity contribution in [2.75, 3.05) is 13.1 Å². The highest BCUT2D eigenvalue weighted by atomic mass is 16.1. The summed E-state index contributed by atoms with van der Waals surface area (Å²) in [5, 5.41) is 4.39. The van der Waals surface area contributed by atoms with E-state index < -0.39 is 0 Å². The van der Waals surface area contributed by atoms with Crippen LogP contribution in [0.1, 0.15) is 41.9 Å². The number of rotatable bonds is 3. The van der Waals surface area contributed by atoms with E-state index >= 15 is 0 Å². The van der Waals surface area contributed by atoms with E-state index in [4.69, 9.17) is 5.73 Å². The van der Waals surface area contributed by atoms with E-state index in [9.17, 15) is 4.79 Å². The lowest BCUT2D eigenvalue weighted by Crippen LogP contribution is -2.32. The molecule has 0 unspecified atom stereocenters. The van der Waals surface area contributed by atoms with Gasteiger partial charge in [0.15, 0.2) is 0 Å². The van der Waals surface area contributed by atoms with Crippen LogP contribution in [0, 0.1) is 12.8 Å². The van der Waals surface area contributed by atoms with Crippen LogP contribution in [0.4, 0.5) is 0 Å². The minimum absolute atomic E-state index is 0.333. The quantitative estimate of drug-likeness (QED) is 0.910. The standard InChI is InChI=1S/C17H23N3O/c1-11(13-7-9-19-10-8-13)20-12(2)16(17(18)21)14-5-3-4-6-15(14)20/h3-6,11,13,19H,7-10H2,1-2H3,(H2,18,21)/t11-/m1/s1. The van der Waals surface area contributed by atoms with Gasteiger partial charge >= 0.3 is 0 Å². The first kappa shape index (κ1) is 14.1. The van der Waals surface area contributed by atoms with Crippen molar-refractivity contribution in [2.24, 2.45) is 11.7 Å². The fourth-order valence-corrected chi connectivity index (χ4v) is 3.76. The number of hydrogen-bond donors (Lipinski definition) is 2. The van der Waals surface area contributed by atoms with Gasteiger partial charge in [-0.2, -0.15) is 0 Å². The molecule has 1 aromatic heterocycles. The molecule has 1 aliphatic heterocycles. The van der Waals surface area contributed by atoms with E-state index in [1.165, 1.54) is 12.8 Å². The molecule has 4 heteroatoms. The Morgan fingerprint density at radius 2 is 2.00 bits per heavy atom. The summed E-state index contributed by atoms with van der Waals surface area (Å²) in [7, 11) is 0. The molecule has 4 nitrogen and oxygen atoms in total. The van der Waals surface area contributed by atoms with Crippen molar-refractivity contribution in [3.63, 3.8) is 0 Å². The fourth-order valence-electron chi connectivity index (χ4n) is 3.76. The summed E-state index contributed by atoms with van der Waals surface area (Å²) in [6, 6.07) is 8.46. The molecule has 0 radical (unpaired) electrons. The van der Waals surface area contributed by atoms with Gasteiger partial charge in [-0.05, 0) is 51.8 Å². The number of hydrogen-bond acceptors (Lipinski definition) is 2. The smallest absolute Gasteiger partial charge is 0.251 e. The number of nitrogens with zero attached hydrogens (tertiary/aromatic N) is 1. The normalized spacial score (nSPS) is 18.0. The zero-order valence-electron chi connectivity index (χ0n) is 12.7. The van der Waals surface area contributed by atoms with Crippen LogP contribution in [0.25, 0.3) is 10.9 Å². The molecular weight excluding hydrogens is 262 g/mol. The Balaban J connectivity index is 2.13. The van der Waals surface area contributed by atoms with Gasteiger partial charge in [0.1, 0.15) is 0 Å². The lowest BCUT2D eigenvalue weighted by atomic mass is 9.91. The summed E-state index contributed by atoms with van der Waals surface area (Å²) in [6.45, 7) is 6.43. The summed E-state index contributed by atoms with van der Waals surface area (Å²) in [4.78, 5) is 11.8. The highest BCUT2D eigenvalue weighted by Crippen LogP contribution is 2.34. The number of carbonyl (C=O) groups excluding carboxylic acids is 1. The second-order valence-electron chi connectivity index (χ2n) is 6.04. The Morgan fingerprint density at radius 3 is 2.67 bits per heavy atom. The number of fused-ring (bicyclic) bond motifs is 1. The van der Waals surface area contributed by atoms with Gasteiger partial charge in [0, 0.05) is 22.6 Å². The molecular formula is C17H23N3O. The Labute approximate surface area is 125 Å². The zero-order chi connectivity index (χ0) is 15.0. The van der Waals surface area contributed by atoms with Gasteiger partial charge in [0.05, 0.1) is 5.56 Å². The first-order valence-corrected chi connectivity index (χ1v) is 7.71. The van der Waals surface area contributed by atoms with E-state index in [2.05, 4.69) is 22.9 Å². The van der Waals surface area contributed by atoms with Crippen molar-refractivity contribution in [2.45, 2.75) is 32.7 Å². The average Bonchev–Trinajstić information content (AvgIpc) is 2.79. The third kappa shape index (κ3) is 2.33. The minimum Gasteiger partial charge on any atom is -0.366 e. The zero-order valence-corrected chi connectivity index (χ0v) is 12.7. The molecule has 1 aromatic carbocycles. The largest absolute Gasteiger partial charge is 0.366 e. The van der Waals surface area contributed by atoms with E-state index in [0.29, 0.717) is 17.5 Å². The molecule has 0 aliphatic carbocycles. The molecule has 1 aliphatic rings. The number of carbonyl (C=O) groups is 1. The van der Waals surface area contributed by atoms with Crippen molar-refractivity contribution in [3.8, 4) is 0 Å². The van der Waals surface area contributed by atoms with Crippen molar-refractivity contribution >= 4 is 16.8 Å². The van der Waals surface area contributed by atoms with Crippen LogP contribution < -0.4 is 11.1 Å². The molecule has 2 heterocycles. The summed E-state index contributed by atoms with van der Waals surface area (Å²) in [5.41, 5.74) is 8.40. The van der Waals surface area contributed by atoms with E-state index in [1.54, 1.807) is 0 Å². The molecule has 3 rings (SSSR count). The monoisotopic (exact) mass is 285 g/mol. The summed E-state index contributed by atoms with van der Waals surface area (Å²) < 4.78 is 2.31. The number of benzene rings is 1. The molecule has 1 atom stereocenters. The first-order valence-electron chi connectivity index (χ1n) is 7.71. The second-order valence-corrected chi connectivity index (χ2v) is 6.04. The maximum atomic E-state index is 11.8. The number of nitrogens with one attached hydrogen (secondary N) is 1. The van der Waals surface area contributed by atoms with Gasteiger partial charge in [-0.25, -0.2) is 0 Å². The van der Waals surface area contributed by atoms with Gasteiger partial charge in [0.25, 0.3) is 5.91 Å². The number of para-hydroxylation sites is 1. The summed E-state index contributed by atoms with van der Waals surface area (Å²) in [6.07, 6.45) is 2.36. The fraction of sp³-hybridized carbons (Fsp3) is 0.471. The molecule has 1 fully saturated rings. The summed E-state index contributed by atoms with van der Waals surface area (Å²) in [5.74, 6) is 0.307. The van der Waals surface area contributed by atoms with E-state index in [0.717, 1.165) is 29.7 Å². The predicted octanol–water partition coefficient (Wildman–Crippen LogP) is 2.61. The number of primary amides is 1. The van der Waals surface area contributed by atoms with Gasteiger partial charge in [0.2, 0.25) is 0 Å². The van der Waals surface area contributed by atoms with Crippen molar-refractivity contribution in [3.05, 3.63) is 35.5 Å². The summed E-state index contributed by atoms with van der Waals surface area (Å²) >= 11 is 0. The van der Waals surface area contributed by atoms with Crippen LogP contribution in [0.5, 0.6) is 0 Å². The third-order valence-electron chi connectivity index (χ3n) is 4.88. The maximum Gasteiger partial charge on any atom is 0.251 e. The number of piperidine rings is 1. The Morgan fingerprint density at radius 1 is 1.33 bits per heavy atom. The Bertz CT molecular complexity index is 668. The SMILES string of the molecule is Cc1c(C(N)=O)c2ccccc2n1[C@H](C)C1CCNCC1. The first-order chi connectivity index (χ1) is 10.1. The van der Waals surface area contributed by atoms with Crippen molar-refractivity contribution in [1.29, 1.82) is 0 Å². The van der Waals surface area contributed by atoms with Gasteiger partial charge in [-0.1, -0.05) is 18.2 Å². The molecule has 112 valence electrons. The van der Waals surface area contributed by atoms with Crippen LogP contribution in [0.15, 0.2) is 24.3 Å². The number of amides is 1. The van der Waals surface area contributed by atoms with Crippen LogP contribution in [-0.4, -0.2) is 23.6 Å². The van der Waals surface area contributed by atoms with Gasteiger partial charge in [-0.15, -0.1) is 0 Å². The molecule has 3 N–H and O–H groups in total. The Kier molecular flexibility index (Phi) is 3.72. The second kappa shape index (κ2) is 5.53. The van der Waals surface area contributed by atoms with Crippen LogP contribution >= 0.6 is 0 Å². The van der Waals surface area contributed by atoms with Crippen molar-refractivity contribution in [1.82, 2.24) is 9.88 Å².